The molecule has 0 saturated carbocycles. The second-order valence-corrected chi connectivity index (χ2v) is 5.76. The number of hydrogen-bond acceptors (Lipinski definition) is 2. The molecule has 2 aromatic carbocycles. The first kappa shape index (κ1) is 18.2. The van der Waals surface area contributed by atoms with Crippen molar-refractivity contribution in [3.8, 4) is 0 Å². The number of carbonyl (C=O) groups is 2. The molecule has 2 rings (SSSR count). The lowest BCUT2D eigenvalue weighted by molar-refractivity contribution is 0.107. The molecule has 0 N–H and O–H groups in total. The third kappa shape index (κ3) is 6.62. The van der Waals surface area contributed by atoms with Crippen molar-refractivity contribution in [3.63, 3.8) is 0 Å². The Labute approximate surface area is 146 Å². The Balaban J connectivity index is 0.000000211. The van der Waals surface area contributed by atoms with Crippen LogP contribution < -0.4 is 0 Å². The zero-order valence-electron chi connectivity index (χ0n) is 10.7. The molecule has 0 radical (unpaired) electrons. The van der Waals surface area contributed by atoms with Crippen molar-refractivity contribution in [2.45, 2.75) is 5.88 Å². The van der Waals surface area contributed by atoms with E-state index in [9.17, 15) is 9.59 Å². The van der Waals surface area contributed by atoms with E-state index in [2.05, 4.69) is 15.9 Å². The highest BCUT2D eigenvalue weighted by atomic mass is 79.9. The van der Waals surface area contributed by atoms with Crippen molar-refractivity contribution in [2.24, 2.45) is 0 Å². The van der Waals surface area contributed by atoms with Gasteiger partial charge in [0.25, 0.3) is 10.5 Å². The van der Waals surface area contributed by atoms with Gasteiger partial charge in [0.2, 0.25) is 0 Å². The van der Waals surface area contributed by atoms with Crippen LogP contribution in [0.3, 0.4) is 0 Å². The van der Waals surface area contributed by atoms with Gasteiger partial charge in [-0.2, -0.15) is 0 Å². The van der Waals surface area contributed by atoms with Crippen molar-refractivity contribution < 1.29 is 9.59 Å². The van der Waals surface area contributed by atoms with Crippen LogP contribution in [-0.2, 0) is 5.88 Å². The topological polar surface area (TPSA) is 34.1 Å². The SMILES string of the molecule is O=C(Cl)c1ccc(Br)cc1.O=C(Cl)c1cccc(CCl)c1. The highest BCUT2D eigenvalue weighted by Gasteiger charge is 2.00. The van der Waals surface area contributed by atoms with Crippen LogP contribution in [0, 0.1) is 0 Å². The monoisotopic (exact) mass is 406 g/mol. The summed E-state index contributed by atoms with van der Waals surface area (Å²) in [5.74, 6) is 0.401. The van der Waals surface area contributed by atoms with Crippen LogP contribution in [0.2, 0.25) is 0 Å². The number of alkyl halides is 1. The fourth-order valence-electron chi connectivity index (χ4n) is 1.36. The molecule has 0 atom stereocenters. The van der Waals surface area contributed by atoms with Crippen LogP contribution in [0.25, 0.3) is 0 Å². The summed E-state index contributed by atoms with van der Waals surface area (Å²) in [4.78, 5) is 21.1. The molecule has 0 amide bonds. The van der Waals surface area contributed by atoms with Gasteiger partial charge in [0.1, 0.15) is 0 Å². The number of hydrogen-bond donors (Lipinski definition) is 0. The Hall–Kier alpha value is -0.870. The first-order valence-corrected chi connectivity index (χ1v) is 7.82. The van der Waals surface area contributed by atoms with Gasteiger partial charge in [0.15, 0.2) is 0 Å². The lowest BCUT2D eigenvalue weighted by Crippen LogP contribution is -1.89. The van der Waals surface area contributed by atoms with E-state index in [4.69, 9.17) is 34.8 Å². The van der Waals surface area contributed by atoms with Crippen molar-refractivity contribution in [1.29, 1.82) is 0 Å². The summed E-state index contributed by atoms with van der Waals surface area (Å²) in [6, 6.07) is 13.8. The molecule has 0 aliphatic rings. The maximum Gasteiger partial charge on any atom is 0.252 e. The summed E-state index contributed by atoms with van der Waals surface area (Å²) in [6.45, 7) is 0. The highest BCUT2D eigenvalue weighted by molar-refractivity contribution is 9.10. The fraction of sp³-hybridized carbons (Fsp3) is 0.0667. The minimum atomic E-state index is -0.447. The first-order valence-electron chi connectivity index (χ1n) is 5.74. The van der Waals surface area contributed by atoms with E-state index in [1.54, 1.807) is 42.5 Å². The highest BCUT2D eigenvalue weighted by Crippen LogP contribution is 2.11. The van der Waals surface area contributed by atoms with Gasteiger partial charge in [-0.25, -0.2) is 0 Å². The predicted molar refractivity (Wildman–Crippen MR) is 90.5 cm³/mol. The van der Waals surface area contributed by atoms with E-state index in [1.807, 2.05) is 6.07 Å². The minimum Gasteiger partial charge on any atom is -0.276 e. The van der Waals surface area contributed by atoms with Crippen molar-refractivity contribution in [3.05, 3.63) is 69.7 Å². The molecule has 0 aromatic heterocycles. The first-order chi connectivity index (χ1) is 9.93. The second kappa shape index (κ2) is 9.21. The lowest BCUT2D eigenvalue weighted by Gasteiger charge is -1.95. The molecule has 21 heavy (non-hydrogen) atoms. The average molecular weight is 409 g/mol. The van der Waals surface area contributed by atoms with Crippen LogP contribution in [0.1, 0.15) is 26.3 Å². The number of benzene rings is 2. The third-order valence-electron chi connectivity index (χ3n) is 2.38. The lowest BCUT2D eigenvalue weighted by atomic mass is 10.2. The van der Waals surface area contributed by atoms with Gasteiger partial charge >= 0.3 is 0 Å². The minimum absolute atomic E-state index is 0.401. The van der Waals surface area contributed by atoms with Gasteiger partial charge in [-0.15, -0.1) is 11.6 Å². The van der Waals surface area contributed by atoms with Gasteiger partial charge < -0.3 is 0 Å². The molecule has 0 bridgehead atoms. The summed E-state index contributed by atoms with van der Waals surface area (Å²) in [7, 11) is 0. The zero-order chi connectivity index (χ0) is 15.8. The normalized spacial score (nSPS) is 9.52. The van der Waals surface area contributed by atoms with E-state index in [0.29, 0.717) is 17.0 Å². The molecule has 0 fully saturated rings. The molecule has 2 nitrogen and oxygen atoms in total. The Morgan fingerprint density at radius 3 is 1.95 bits per heavy atom. The molecule has 0 aliphatic heterocycles. The second-order valence-electron chi connectivity index (χ2n) is 3.89. The maximum atomic E-state index is 10.6. The summed E-state index contributed by atoms with van der Waals surface area (Å²) in [6.07, 6.45) is 0. The average Bonchev–Trinajstić information content (AvgIpc) is 2.48. The molecule has 110 valence electrons. The van der Waals surface area contributed by atoms with E-state index in [1.165, 1.54) is 0 Å². The third-order valence-corrected chi connectivity index (χ3v) is 3.65. The number of carbonyl (C=O) groups excluding carboxylic acids is 2. The molecule has 0 spiro atoms. The van der Waals surface area contributed by atoms with Crippen LogP contribution in [0.5, 0.6) is 0 Å². The van der Waals surface area contributed by atoms with Crippen LogP contribution in [0.15, 0.2) is 53.0 Å². The summed E-state index contributed by atoms with van der Waals surface area (Å²) < 4.78 is 0.939. The molecule has 6 heteroatoms. The molecule has 0 saturated heterocycles. The van der Waals surface area contributed by atoms with Crippen LogP contribution in [0.4, 0.5) is 0 Å². The van der Waals surface area contributed by atoms with Crippen molar-refractivity contribution in [2.75, 3.05) is 0 Å². The number of halogens is 4. The van der Waals surface area contributed by atoms with Gasteiger partial charge in [0.05, 0.1) is 0 Å². The Morgan fingerprint density at radius 1 is 0.905 bits per heavy atom. The summed E-state index contributed by atoms with van der Waals surface area (Å²) in [5.41, 5.74) is 1.91. The van der Waals surface area contributed by atoms with E-state index in [-0.39, 0.29) is 0 Å². The largest absolute Gasteiger partial charge is 0.276 e. The molecular formula is C15H10BrCl3O2. The quantitative estimate of drug-likeness (QED) is 0.487. The smallest absolute Gasteiger partial charge is 0.252 e. The van der Waals surface area contributed by atoms with Gasteiger partial charge in [-0.1, -0.05) is 34.1 Å². The molecule has 0 unspecified atom stereocenters. The Bertz CT molecular complexity index is 627. The van der Waals surface area contributed by atoms with Crippen LogP contribution in [-0.4, -0.2) is 10.5 Å². The molecule has 2 aromatic rings. The molecule has 0 heterocycles. The van der Waals surface area contributed by atoms with Gasteiger partial charge in [-0.05, 0) is 59.1 Å². The van der Waals surface area contributed by atoms with Crippen molar-refractivity contribution in [1.82, 2.24) is 0 Å². The maximum absolute atomic E-state index is 10.6. The predicted octanol–water partition coefficient (Wildman–Crippen LogP) is 5.63. The summed E-state index contributed by atoms with van der Waals surface area (Å²) >= 11 is 19.2. The van der Waals surface area contributed by atoms with Crippen molar-refractivity contribution >= 4 is 61.2 Å². The fourth-order valence-corrected chi connectivity index (χ4v) is 2.03. The Kier molecular flexibility index (Phi) is 7.97. The van der Waals surface area contributed by atoms with E-state index in [0.717, 1.165) is 10.0 Å². The standard InChI is InChI=1S/C8H6Cl2O.C7H4BrClO/c9-5-6-2-1-3-7(4-6)8(10)11;8-6-3-1-5(2-4-6)7(9)10/h1-4H,5H2;1-4H. The van der Waals surface area contributed by atoms with E-state index >= 15 is 0 Å². The van der Waals surface area contributed by atoms with Gasteiger partial charge in [0, 0.05) is 21.5 Å². The van der Waals surface area contributed by atoms with E-state index < -0.39 is 10.5 Å². The zero-order valence-corrected chi connectivity index (χ0v) is 14.5. The van der Waals surface area contributed by atoms with Gasteiger partial charge in [-0.3, -0.25) is 9.59 Å². The Morgan fingerprint density at radius 2 is 1.48 bits per heavy atom. The molecular weight excluding hydrogens is 398 g/mol. The molecule has 0 aliphatic carbocycles. The number of rotatable bonds is 3. The summed E-state index contributed by atoms with van der Waals surface area (Å²) in [5, 5.41) is -0.871. The van der Waals surface area contributed by atoms with Crippen LogP contribution >= 0.6 is 50.7 Å².